The van der Waals surface area contributed by atoms with Gasteiger partial charge in [0.25, 0.3) is 0 Å². The van der Waals surface area contributed by atoms with Crippen molar-refractivity contribution >= 4 is 15.9 Å². The number of fused-ring (bicyclic) bond motifs is 1. The van der Waals surface area contributed by atoms with Gasteiger partial charge >= 0.3 is 0 Å². The van der Waals surface area contributed by atoms with Crippen LogP contribution in [-0.4, -0.2) is 34.7 Å². The predicted molar refractivity (Wildman–Crippen MR) is 116 cm³/mol. The summed E-state index contributed by atoms with van der Waals surface area (Å²) in [4.78, 5) is 2.59. The first-order valence-electron chi connectivity index (χ1n) is 10.1. The Hall–Kier alpha value is -2.04. The van der Waals surface area contributed by atoms with E-state index in [2.05, 4.69) is 98.5 Å². The van der Waals surface area contributed by atoms with Crippen molar-refractivity contribution in [3.63, 3.8) is 0 Å². The second-order valence-corrected chi connectivity index (χ2v) is 8.91. The van der Waals surface area contributed by atoms with Gasteiger partial charge in [-0.25, -0.2) is 0 Å². The lowest BCUT2D eigenvalue weighted by Crippen LogP contribution is -2.54. The van der Waals surface area contributed by atoms with Crippen LogP contribution in [0.2, 0.25) is 0 Å². The van der Waals surface area contributed by atoms with Gasteiger partial charge in [0.2, 0.25) is 0 Å². The Bertz CT molecular complexity index is 941. The number of halogens is 1. The molecule has 0 radical (unpaired) electrons. The van der Waals surface area contributed by atoms with Gasteiger partial charge in [0.1, 0.15) is 17.4 Å². The zero-order valence-corrected chi connectivity index (χ0v) is 17.5. The van der Waals surface area contributed by atoms with Crippen molar-refractivity contribution in [2.75, 3.05) is 19.6 Å². The zero-order chi connectivity index (χ0) is 19.0. The van der Waals surface area contributed by atoms with Gasteiger partial charge in [0, 0.05) is 35.5 Å². The second-order valence-electron chi connectivity index (χ2n) is 8.00. The first kappa shape index (κ1) is 18.0. The van der Waals surface area contributed by atoms with Gasteiger partial charge in [-0.1, -0.05) is 46.3 Å². The van der Waals surface area contributed by atoms with Crippen molar-refractivity contribution in [3.05, 3.63) is 88.7 Å². The highest BCUT2D eigenvalue weighted by Crippen LogP contribution is 2.50. The summed E-state index contributed by atoms with van der Waals surface area (Å²) in [6.45, 7) is 3.19. The van der Waals surface area contributed by atoms with Crippen LogP contribution in [0.4, 0.5) is 0 Å². The standard InChI is InChI=1S/C24H25BrN2O/c25-20-9-10-22-21(17-20)23(27-14-4-5-15-27)24(28-22)12-6-13-26(18-24)16-11-19-7-2-1-3-8-19/h1-5,7-10,14-15,17,23H,6,11-13,16,18H2. The summed E-state index contributed by atoms with van der Waals surface area (Å²) < 4.78 is 10.2. The van der Waals surface area contributed by atoms with Gasteiger partial charge in [-0.2, -0.15) is 0 Å². The highest BCUT2D eigenvalue weighted by molar-refractivity contribution is 9.10. The molecule has 1 saturated heterocycles. The Morgan fingerprint density at radius 1 is 1.04 bits per heavy atom. The molecule has 0 aliphatic carbocycles. The molecule has 28 heavy (non-hydrogen) atoms. The average Bonchev–Trinajstić information content (AvgIpc) is 3.33. The summed E-state index contributed by atoms with van der Waals surface area (Å²) in [6.07, 6.45) is 7.69. The molecule has 3 nitrogen and oxygen atoms in total. The van der Waals surface area contributed by atoms with Crippen LogP contribution in [0.5, 0.6) is 5.75 Å². The summed E-state index contributed by atoms with van der Waals surface area (Å²) in [6, 6.07) is 21.7. The largest absolute Gasteiger partial charge is 0.483 e. The number of rotatable bonds is 4. The summed E-state index contributed by atoms with van der Waals surface area (Å²) in [5.74, 6) is 1.03. The molecule has 0 bridgehead atoms. The van der Waals surface area contributed by atoms with Crippen LogP contribution in [0.15, 0.2) is 77.5 Å². The molecule has 1 aromatic heterocycles. The first-order valence-corrected chi connectivity index (χ1v) is 10.9. The van der Waals surface area contributed by atoms with E-state index >= 15 is 0 Å². The molecular weight excluding hydrogens is 412 g/mol. The van der Waals surface area contributed by atoms with Crippen molar-refractivity contribution in [1.29, 1.82) is 0 Å². The van der Waals surface area contributed by atoms with Gasteiger partial charge in [0.05, 0.1) is 0 Å². The van der Waals surface area contributed by atoms with E-state index < -0.39 is 0 Å². The Labute approximate surface area is 175 Å². The Morgan fingerprint density at radius 3 is 2.68 bits per heavy atom. The van der Waals surface area contributed by atoms with Crippen molar-refractivity contribution in [1.82, 2.24) is 9.47 Å². The van der Waals surface area contributed by atoms with E-state index in [1.165, 1.54) is 17.5 Å². The lowest BCUT2D eigenvalue weighted by atomic mass is 9.83. The van der Waals surface area contributed by atoms with Crippen molar-refractivity contribution in [3.8, 4) is 5.75 Å². The number of benzene rings is 2. The van der Waals surface area contributed by atoms with Crippen molar-refractivity contribution in [2.45, 2.75) is 30.9 Å². The molecule has 2 aromatic carbocycles. The molecule has 1 fully saturated rings. The molecule has 4 heteroatoms. The van der Waals surface area contributed by atoms with E-state index in [1.807, 2.05) is 0 Å². The van der Waals surface area contributed by atoms with Crippen LogP contribution in [0.25, 0.3) is 0 Å². The van der Waals surface area contributed by atoms with Crippen LogP contribution in [0, 0.1) is 0 Å². The lowest BCUT2D eigenvalue weighted by Gasteiger charge is -2.43. The number of nitrogens with zero attached hydrogens (tertiary/aromatic N) is 2. The predicted octanol–water partition coefficient (Wildman–Crippen LogP) is 5.31. The fourth-order valence-corrected chi connectivity index (χ4v) is 5.28. The normalized spacial score (nSPS) is 24.2. The molecule has 2 aliphatic heterocycles. The Balaban J connectivity index is 1.42. The minimum atomic E-state index is -0.197. The molecule has 3 heterocycles. The van der Waals surface area contributed by atoms with E-state index in [9.17, 15) is 0 Å². The number of hydrogen-bond donors (Lipinski definition) is 0. The Morgan fingerprint density at radius 2 is 1.86 bits per heavy atom. The van der Waals surface area contributed by atoms with E-state index in [0.717, 1.165) is 42.7 Å². The fourth-order valence-electron chi connectivity index (χ4n) is 4.90. The molecule has 144 valence electrons. The highest BCUT2D eigenvalue weighted by Gasteiger charge is 2.51. The molecule has 2 atom stereocenters. The third-order valence-corrected chi connectivity index (χ3v) is 6.62. The third kappa shape index (κ3) is 3.29. The summed E-state index contributed by atoms with van der Waals surface area (Å²) >= 11 is 3.66. The minimum Gasteiger partial charge on any atom is -0.483 e. The molecule has 3 aromatic rings. The van der Waals surface area contributed by atoms with Crippen LogP contribution < -0.4 is 4.74 Å². The molecule has 5 rings (SSSR count). The van der Waals surface area contributed by atoms with Gasteiger partial charge in [-0.15, -0.1) is 0 Å². The van der Waals surface area contributed by atoms with E-state index in [-0.39, 0.29) is 11.6 Å². The summed E-state index contributed by atoms with van der Waals surface area (Å²) in [7, 11) is 0. The molecular formula is C24H25BrN2O. The van der Waals surface area contributed by atoms with Gasteiger partial charge < -0.3 is 9.30 Å². The third-order valence-electron chi connectivity index (χ3n) is 6.13. The minimum absolute atomic E-state index is 0.197. The van der Waals surface area contributed by atoms with E-state index in [4.69, 9.17) is 4.74 Å². The van der Waals surface area contributed by atoms with Crippen molar-refractivity contribution in [2.24, 2.45) is 0 Å². The van der Waals surface area contributed by atoms with Crippen LogP contribution in [-0.2, 0) is 6.42 Å². The van der Waals surface area contributed by atoms with Gasteiger partial charge in [-0.05, 0) is 61.7 Å². The van der Waals surface area contributed by atoms with Crippen LogP contribution >= 0.6 is 15.9 Å². The summed E-state index contributed by atoms with van der Waals surface area (Å²) in [5.41, 5.74) is 2.50. The molecule has 2 unspecified atom stereocenters. The molecule has 1 spiro atoms. The van der Waals surface area contributed by atoms with E-state index in [0.29, 0.717) is 0 Å². The maximum absolute atomic E-state index is 6.73. The van der Waals surface area contributed by atoms with Crippen molar-refractivity contribution < 1.29 is 4.74 Å². The molecule has 0 amide bonds. The number of hydrogen-bond acceptors (Lipinski definition) is 2. The number of likely N-dealkylation sites (tertiary alicyclic amines) is 1. The SMILES string of the molecule is Brc1ccc2c(c1)C(n1cccc1)C1(CCCN(CCc3ccccc3)C1)O2. The highest BCUT2D eigenvalue weighted by atomic mass is 79.9. The topological polar surface area (TPSA) is 17.4 Å². The van der Waals surface area contributed by atoms with Crippen LogP contribution in [0.1, 0.15) is 30.0 Å². The monoisotopic (exact) mass is 436 g/mol. The molecule has 0 N–H and O–H groups in total. The first-order chi connectivity index (χ1) is 13.7. The number of ether oxygens (including phenoxy) is 1. The van der Waals surface area contributed by atoms with E-state index in [1.54, 1.807) is 0 Å². The van der Waals surface area contributed by atoms with Gasteiger partial charge in [-0.3, -0.25) is 4.90 Å². The van der Waals surface area contributed by atoms with Gasteiger partial charge in [0.15, 0.2) is 0 Å². The number of aromatic nitrogens is 1. The maximum Gasteiger partial charge on any atom is 0.146 e. The number of piperidine rings is 1. The smallest absolute Gasteiger partial charge is 0.146 e. The average molecular weight is 437 g/mol. The molecule has 0 saturated carbocycles. The quantitative estimate of drug-likeness (QED) is 0.551. The summed E-state index contributed by atoms with van der Waals surface area (Å²) in [5, 5.41) is 0. The lowest BCUT2D eigenvalue weighted by molar-refractivity contribution is -0.0166. The molecule has 2 aliphatic rings. The zero-order valence-electron chi connectivity index (χ0n) is 15.9. The Kier molecular flexibility index (Phi) is 4.77. The second kappa shape index (κ2) is 7.41. The fraction of sp³-hybridized carbons (Fsp3) is 0.333. The van der Waals surface area contributed by atoms with Crippen LogP contribution in [0.3, 0.4) is 0 Å². The maximum atomic E-state index is 6.73.